The summed E-state index contributed by atoms with van der Waals surface area (Å²) in [6.07, 6.45) is 1.66. The van der Waals surface area contributed by atoms with Gasteiger partial charge in [-0.2, -0.15) is 5.26 Å². The first kappa shape index (κ1) is 21.8. The predicted octanol–water partition coefficient (Wildman–Crippen LogP) is 6.10. The third-order valence-corrected chi connectivity index (χ3v) is 5.46. The van der Waals surface area contributed by atoms with Crippen LogP contribution in [0.3, 0.4) is 0 Å². The summed E-state index contributed by atoms with van der Waals surface area (Å²) in [4.78, 5) is 7.35. The first-order valence-corrected chi connectivity index (χ1v) is 10.6. The fourth-order valence-corrected chi connectivity index (χ4v) is 3.96. The van der Waals surface area contributed by atoms with Crippen molar-refractivity contribution in [1.29, 1.82) is 5.26 Å². The zero-order valence-corrected chi connectivity index (χ0v) is 19.0. The number of nitriles is 1. The van der Waals surface area contributed by atoms with Crippen molar-refractivity contribution in [2.45, 2.75) is 6.61 Å². The highest BCUT2D eigenvalue weighted by Crippen LogP contribution is 2.35. The molecule has 0 aliphatic heterocycles. The summed E-state index contributed by atoms with van der Waals surface area (Å²) in [7, 11) is 1.52. The second kappa shape index (κ2) is 9.36. The molecule has 0 aliphatic rings. The van der Waals surface area contributed by atoms with Gasteiger partial charge in [0.2, 0.25) is 0 Å². The molecule has 0 saturated carbocycles. The predicted molar refractivity (Wildman–Crippen MR) is 126 cm³/mol. The molecule has 4 rings (SSSR count). The first-order valence-electron chi connectivity index (χ1n) is 9.49. The summed E-state index contributed by atoms with van der Waals surface area (Å²) < 4.78 is 39.0. The Morgan fingerprint density at radius 2 is 1.97 bits per heavy atom. The van der Waals surface area contributed by atoms with Gasteiger partial charge < -0.3 is 14.5 Å². The number of methoxy groups -OCH3 is 1. The largest absolute Gasteiger partial charge is 0.493 e. The Morgan fingerprint density at radius 1 is 1.16 bits per heavy atom. The number of benzene rings is 3. The van der Waals surface area contributed by atoms with Gasteiger partial charge in [-0.15, -0.1) is 0 Å². The number of rotatable bonds is 6. The topological polar surface area (TPSA) is 70.9 Å². The second-order valence-corrected chi connectivity index (χ2v) is 8.03. The quantitative estimate of drug-likeness (QED) is 0.236. The van der Waals surface area contributed by atoms with Gasteiger partial charge in [0.15, 0.2) is 11.5 Å². The van der Waals surface area contributed by atoms with Crippen LogP contribution < -0.4 is 9.47 Å². The van der Waals surface area contributed by atoms with E-state index in [0.29, 0.717) is 39.5 Å². The molecule has 0 atom stereocenters. The van der Waals surface area contributed by atoms with Crippen molar-refractivity contribution >= 4 is 45.3 Å². The van der Waals surface area contributed by atoms with Crippen molar-refractivity contribution in [1.82, 2.24) is 9.97 Å². The molecule has 0 spiro atoms. The van der Waals surface area contributed by atoms with E-state index in [-0.39, 0.29) is 23.8 Å². The Labute approximate surface area is 196 Å². The van der Waals surface area contributed by atoms with E-state index in [2.05, 4.69) is 38.6 Å². The molecule has 1 N–H and O–H groups in total. The zero-order chi connectivity index (χ0) is 22.7. The monoisotopic (exact) mass is 543 g/mol. The van der Waals surface area contributed by atoms with E-state index < -0.39 is 0 Å². The Kier molecular flexibility index (Phi) is 6.37. The lowest BCUT2D eigenvalue weighted by atomic mass is 10.1. The average Bonchev–Trinajstić information content (AvgIpc) is 3.19. The van der Waals surface area contributed by atoms with Crippen LogP contribution in [0.4, 0.5) is 8.78 Å². The highest BCUT2D eigenvalue weighted by Gasteiger charge is 2.14. The van der Waals surface area contributed by atoms with Gasteiger partial charge in [-0.25, -0.2) is 13.8 Å². The maximum absolute atomic E-state index is 13.5. The van der Waals surface area contributed by atoms with E-state index >= 15 is 0 Å². The van der Waals surface area contributed by atoms with Crippen LogP contribution >= 0.6 is 22.6 Å². The summed E-state index contributed by atoms with van der Waals surface area (Å²) in [5, 5.41) is 9.66. The number of ether oxygens (including phenoxy) is 2. The molecule has 1 heterocycles. The number of fused-ring (bicyclic) bond motifs is 1. The SMILES string of the molecule is COc1cc(/C=C(/C#N)c2nc3ccc(F)cc3[nH]2)cc(I)c1OCc1cccc(F)c1. The molecule has 0 unspecified atom stereocenters. The minimum absolute atomic E-state index is 0.179. The summed E-state index contributed by atoms with van der Waals surface area (Å²) >= 11 is 2.12. The molecule has 0 amide bonds. The smallest absolute Gasteiger partial charge is 0.174 e. The van der Waals surface area contributed by atoms with Crippen molar-refractivity contribution in [3.8, 4) is 17.6 Å². The molecule has 4 aromatic rings. The Hall–Kier alpha value is -3.45. The van der Waals surface area contributed by atoms with Gasteiger partial charge in [0.05, 0.1) is 27.3 Å². The summed E-state index contributed by atoms with van der Waals surface area (Å²) in [6.45, 7) is 0.179. The van der Waals surface area contributed by atoms with Gasteiger partial charge in [0.1, 0.15) is 30.1 Å². The van der Waals surface area contributed by atoms with Crippen molar-refractivity contribution in [3.63, 3.8) is 0 Å². The Bertz CT molecular complexity index is 1380. The lowest BCUT2D eigenvalue weighted by molar-refractivity contribution is 0.282. The number of halogens is 3. The molecule has 8 heteroatoms. The second-order valence-electron chi connectivity index (χ2n) is 6.87. The van der Waals surface area contributed by atoms with Gasteiger partial charge in [-0.05, 0) is 82.3 Å². The number of hydrogen-bond acceptors (Lipinski definition) is 4. The molecule has 0 bridgehead atoms. The molecule has 32 heavy (non-hydrogen) atoms. The molecule has 5 nitrogen and oxygen atoms in total. The Morgan fingerprint density at radius 3 is 2.72 bits per heavy atom. The number of nitrogens with one attached hydrogen (secondary N) is 1. The van der Waals surface area contributed by atoms with E-state index in [4.69, 9.17) is 9.47 Å². The highest BCUT2D eigenvalue weighted by atomic mass is 127. The van der Waals surface area contributed by atoms with Crippen LogP contribution in [0.25, 0.3) is 22.7 Å². The first-order chi connectivity index (χ1) is 15.5. The highest BCUT2D eigenvalue weighted by molar-refractivity contribution is 14.1. The normalized spacial score (nSPS) is 11.4. The molecule has 0 saturated heterocycles. The van der Waals surface area contributed by atoms with Gasteiger partial charge >= 0.3 is 0 Å². The number of imidazole rings is 1. The third kappa shape index (κ3) is 4.73. The van der Waals surface area contributed by atoms with Crippen LogP contribution in [0.1, 0.15) is 17.0 Å². The Balaban J connectivity index is 1.64. The molecular weight excluding hydrogens is 527 g/mol. The van der Waals surface area contributed by atoms with E-state index in [9.17, 15) is 14.0 Å². The number of aromatic amines is 1. The van der Waals surface area contributed by atoms with Crippen molar-refractivity contribution in [3.05, 3.63) is 86.8 Å². The van der Waals surface area contributed by atoms with Crippen molar-refractivity contribution in [2.24, 2.45) is 0 Å². The van der Waals surface area contributed by atoms with E-state index in [0.717, 1.165) is 3.57 Å². The van der Waals surface area contributed by atoms with Crippen molar-refractivity contribution < 1.29 is 18.3 Å². The van der Waals surface area contributed by atoms with Crippen LogP contribution in [0.15, 0.2) is 54.6 Å². The fraction of sp³-hybridized carbons (Fsp3) is 0.0833. The van der Waals surface area contributed by atoms with Crippen LogP contribution in [-0.4, -0.2) is 17.1 Å². The maximum atomic E-state index is 13.5. The summed E-state index contributed by atoms with van der Waals surface area (Å²) in [5.74, 6) is 0.623. The van der Waals surface area contributed by atoms with Crippen LogP contribution in [0.5, 0.6) is 11.5 Å². The molecule has 0 aliphatic carbocycles. The molecule has 0 fully saturated rings. The van der Waals surface area contributed by atoms with Gasteiger partial charge in [0, 0.05) is 0 Å². The third-order valence-electron chi connectivity index (χ3n) is 4.65. The molecule has 1 aromatic heterocycles. The molecule has 0 radical (unpaired) electrons. The van der Waals surface area contributed by atoms with Crippen LogP contribution in [0, 0.1) is 26.5 Å². The van der Waals surface area contributed by atoms with Crippen LogP contribution in [-0.2, 0) is 6.61 Å². The van der Waals surface area contributed by atoms with Gasteiger partial charge in [-0.3, -0.25) is 0 Å². The van der Waals surface area contributed by atoms with E-state index in [1.54, 1.807) is 30.3 Å². The van der Waals surface area contributed by atoms with Crippen LogP contribution in [0.2, 0.25) is 0 Å². The lowest BCUT2D eigenvalue weighted by Crippen LogP contribution is -2.00. The average molecular weight is 543 g/mol. The van der Waals surface area contributed by atoms with Gasteiger partial charge in [-0.1, -0.05) is 12.1 Å². The zero-order valence-electron chi connectivity index (χ0n) is 16.8. The molecular formula is C24H16F2IN3O2. The minimum Gasteiger partial charge on any atom is -0.493 e. The summed E-state index contributed by atoms with van der Waals surface area (Å²) in [5.41, 5.74) is 2.76. The lowest BCUT2D eigenvalue weighted by Gasteiger charge is -2.14. The summed E-state index contributed by atoms with van der Waals surface area (Å²) in [6, 6.07) is 16.1. The number of allylic oxidation sites excluding steroid dienone is 1. The van der Waals surface area contributed by atoms with Gasteiger partial charge in [0.25, 0.3) is 0 Å². The maximum Gasteiger partial charge on any atom is 0.174 e. The molecule has 160 valence electrons. The van der Waals surface area contributed by atoms with E-state index in [1.165, 1.54) is 31.4 Å². The van der Waals surface area contributed by atoms with E-state index in [1.807, 2.05) is 6.07 Å². The molecule has 3 aromatic carbocycles. The number of nitrogens with zero attached hydrogens (tertiary/aromatic N) is 2. The van der Waals surface area contributed by atoms with Crippen molar-refractivity contribution in [2.75, 3.05) is 7.11 Å². The number of hydrogen-bond donors (Lipinski definition) is 1. The number of H-pyrrole nitrogens is 1. The number of aromatic nitrogens is 2. The standard InChI is InChI=1S/C24H16F2IN3O2/c1-31-22-10-15(9-19(27)23(22)32-13-14-3-2-4-17(25)8-14)7-16(12-28)24-29-20-6-5-18(26)11-21(20)30-24/h2-11H,13H2,1H3,(H,29,30)/b16-7-. The fourth-order valence-electron chi connectivity index (χ4n) is 3.18. The minimum atomic E-state index is -0.386.